The first-order chi connectivity index (χ1) is 5.76. The smallest absolute Gasteiger partial charge is 0.245 e. The van der Waals surface area contributed by atoms with Crippen molar-refractivity contribution in [3.63, 3.8) is 0 Å². The van der Waals surface area contributed by atoms with Gasteiger partial charge in [0, 0.05) is 5.41 Å². The number of hydrogen-bond acceptors (Lipinski definition) is 4. The predicted molar refractivity (Wildman–Crippen MR) is 48.3 cm³/mol. The molecule has 0 bridgehead atoms. The fourth-order valence-corrected chi connectivity index (χ4v) is 1.87. The van der Waals surface area contributed by atoms with Crippen molar-refractivity contribution in [1.29, 1.82) is 0 Å². The van der Waals surface area contributed by atoms with Crippen molar-refractivity contribution in [1.82, 2.24) is 0 Å². The monoisotopic (exact) mass is 206 g/mol. The van der Waals surface area contributed by atoms with Crippen LogP contribution < -0.4 is 0 Å². The van der Waals surface area contributed by atoms with Gasteiger partial charge in [0.15, 0.2) is 0 Å². The first-order valence-electron chi connectivity index (χ1n) is 3.99. The van der Waals surface area contributed by atoms with E-state index in [4.69, 9.17) is 4.18 Å². The van der Waals surface area contributed by atoms with E-state index in [2.05, 4.69) is 10.8 Å². The lowest BCUT2D eigenvalue weighted by Gasteiger charge is -2.28. The SMILES string of the molecule is C=C(C)C(C)(C)C1COS(=O)(=O)O1. The summed E-state index contributed by atoms with van der Waals surface area (Å²) in [4.78, 5) is 0. The largest absolute Gasteiger partial charge is 0.400 e. The van der Waals surface area contributed by atoms with Gasteiger partial charge in [-0.25, -0.2) is 8.37 Å². The molecule has 0 amide bonds. The fraction of sp³-hybridized carbons (Fsp3) is 0.750. The van der Waals surface area contributed by atoms with Crippen LogP contribution in [-0.4, -0.2) is 21.1 Å². The first kappa shape index (κ1) is 10.7. The summed E-state index contributed by atoms with van der Waals surface area (Å²) in [5, 5.41) is 0. The quantitative estimate of drug-likeness (QED) is 0.638. The first-order valence-corrected chi connectivity index (χ1v) is 5.32. The molecule has 0 spiro atoms. The van der Waals surface area contributed by atoms with Crippen molar-refractivity contribution < 1.29 is 16.8 Å². The van der Waals surface area contributed by atoms with Crippen molar-refractivity contribution in [2.75, 3.05) is 6.61 Å². The van der Waals surface area contributed by atoms with Crippen molar-refractivity contribution in [3.05, 3.63) is 12.2 Å². The molecule has 1 atom stereocenters. The standard InChI is InChI=1S/C8H14O4S/c1-6(2)8(3,4)7-5-11-13(9,10)12-7/h7H,1,5H2,2-4H3. The summed E-state index contributed by atoms with van der Waals surface area (Å²) >= 11 is 0. The molecule has 1 aliphatic rings. The Morgan fingerprint density at radius 2 is 2.08 bits per heavy atom. The summed E-state index contributed by atoms with van der Waals surface area (Å²) in [6.07, 6.45) is -0.463. The minimum atomic E-state index is -3.75. The van der Waals surface area contributed by atoms with Gasteiger partial charge in [0.2, 0.25) is 0 Å². The molecule has 1 aliphatic heterocycles. The highest BCUT2D eigenvalue weighted by Crippen LogP contribution is 2.35. The van der Waals surface area contributed by atoms with Crippen molar-refractivity contribution in [3.8, 4) is 0 Å². The summed E-state index contributed by atoms with van der Waals surface area (Å²) < 4.78 is 30.9. The lowest BCUT2D eigenvalue weighted by atomic mass is 9.81. The molecule has 1 fully saturated rings. The van der Waals surface area contributed by atoms with Crippen LogP contribution in [0.2, 0.25) is 0 Å². The second kappa shape index (κ2) is 3.08. The highest BCUT2D eigenvalue weighted by Gasteiger charge is 2.41. The van der Waals surface area contributed by atoms with Crippen LogP contribution in [0, 0.1) is 5.41 Å². The van der Waals surface area contributed by atoms with Gasteiger partial charge < -0.3 is 0 Å². The van der Waals surface area contributed by atoms with E-state index in [1.54, 1.807) is 0 Å². The molecule has 1 rings (SSSR count). The summed E-state index contributed by atoms with van der Waals surface area (Å²) in [5.41, 5.74) is 0.488. The topological polar surface area (TPSA) is 52.6 Å². The summed E-state index contributed by atoms with van der Waals surface area (Å²) in [7, 11) is -3.75. The maximum absolute atomic E-state index is 10.8. The van der Waals surface area contributed by atoms with Crippen LogP contribution in [-0.2, 0) is 18.8 Å². The average Bonchev–Trinajstić information content (AvgIpc) is 2.30. The van der Waals surface area contributed by atoms with E-state index in [1.807, 2.05) is 20.8 Å². The van der Waals surface area contributed by atoms with Gasteiger partial charge in [0.25, 0.3) is 0 Å². The van der Waals surface area contributed by atoms with E-state index >= 15 is 0 Å². The van der Waals surface area contributed by atoms with E-state index in [-0.39, 0.29) is 12.0 Å². The van der Waals surface area contributed by atoms with Crippen LogP contribution in [0.3, 0.4) is 0 Å². The Morgan fingerprint density at radius 3 is 2.38 bits per heavy atom. The molecular formula is C8H14O4S. The molecule has 5 heteroatoms. The average molecular weight is 206 g/mol. The van der Waals surface area contributed by atoms with Gasteiger partial charge in [-0.05, 0) is 6.92 Å². The molecule has 4 nitrogen and oxygen atoms in total. The number of rotatable bonds is 2. The Labute approximate surface area is 78.9 Å². The summed E-state index contributed by atoms with van der Waals surface area (Å²) in [6.45, 7) is 9.46. The molecule has 1 saturated heterocycles. The second-order valence-electron chi connectivity index (χ2n) is 3.78. The van der Waals surface area contributed by atoms with Crippen LogP contribution in [0.15, 0.2) is 12.2 Å². The van der Waals surface area contributed by atoms with Crippen LogP contribution in [0.4, 0.5) is 0 Å². The molecule has 1 heterocycles. The van der Waals surface area contributed by atoms with Gasteiger partial charge in [-0.2, -0.15) is 8.42 Å². The minimum absolute atomic E-state index is 0.0716. The molecule has 0 radical (unpaired) electrons. The molecule has 0 saturated carbocycles. The van der Waals surface area contributed by atoms with E-state index in [1.165, 1.54) is 0 Å². The Kier molecular flexibility index (Phi) is 2.53. The van der Waals surface area contributed by atoms with Gasteiger partial charge in [-0.1, -0.05) is 26.0 Å². The third kappa shape index (κ3) is 2.10. The molecule has 0 N–H and O–H groups in total. The molecule has 0 aliphatic carbocycles. The molecule has 0 aromatic carbocycles. The van der Waals surface area contributed by atoms with Crippen molar-refractivity contribution in [2.45, 2.75) is 26.9 Å². The van der Waals surface area contributed by atoms with E-state index in [0.717, 1.165) is 5.57 Å². The van der Waals surface area contributed by atoms with Crippen LogP contribution in [0.25, 0.3) is 0 Å². The minimum Gasteiger partial charge on any atom is -0.245 e. The second-order valence-corrected chi connectivity index (χ2v) is 5.02. The van der Waals surface area contributed by atoms with Crippen LogP contribution in [0.5, 0.6) is 0 Å². The maximum Gasteiger partial charge on any atom is 0.400 e. The molecular weight excluding hydrogens is 192 g/mol. The number of hydrogen-bond donors (Lipinski definition) is 0. The third-order valence-electron chi connectivity index (χ3n) is 2.50. The highest BCUT2D eigenvalue weighted by atomic mass is 32.3. The lowest BCUT2D eigenvalue weighted by Crippen LogP contribution is -2.32. The molecule has 1 unspecified atom stereocenters. The Morgan fingerprint density at radius 1 is 1.54 bits per heavy atom. The molecule has 76 valence electrons. The van der Waals surface area contributed by atoms with Crippen molar-refractivity contribution in [2.24, 2.45) is 5.41 Å². The summed E-state index contributed by atoms with van der Waals surface area (Å²) in [5.74, 6) is 0. The molecule has 0 aromatic rings. The van der Waals surface area contributed by atoms with Gasteiger partial charge in [-0.3, -0.25) is 0 Å². The van der Waals surface area contributed by atoms with Crippen molar-refractivity contribution >= 4 is 10.4 Å². The Bertz CT molecular complexity index is 315. The van der Waals surface area contributed by atoms with E-state index in [0.29, 0.717) is 0 Å². The zero-order chi connectivity index (χ0) is 10.3. The fourth-order valence-electron chi connectivity index (χ4n) is 0.946. The molecule has 0 aromatic heterocycles. The van der Waals surface area contributed by atoms with Gasteiger partial charge in [0.1, 0.15) is 6.10 Å². The zero-order valence-corrected chi connectivity index (χ0v) is 8.85. The van der Waals surface area contributed by atoms with Crippen LogP contribution in [0.1, 0.15) is 20.8 Å². The zero-order valence-electron chi connectivity index (χ0n) is 8.03. The summed E-state index contributed by atoms with van der Waals surface area (Å²) in [6, 6.07) is 0. The normalized spacial score (nSPS) is 27.5. The van der Waals surface area contributed by atoms with Gasteiger partial charge in [0.05, 0.1) is 6.61 Å². The third-order valence-corrected chi connectivity index (χ3v) is 3.40. The van der Waals surface area contributed by atoms with Crippen LogP contribution >= 0.6 is 0 Å². The molecule has 13 heavy (non-hydrogen) atoms. The lowest BCUT2D eigenvalue weighted by molar-refractivity contribution is 0.122. The maximum atomic E-state index is 10.8. The van der Waals surface area contributed by atoms with Gasteiger partial charge >= 0.3 is 10.4 Å². The predicted octanol–water partition coefficient (Wildman–Crippen LogP) is 1.25. The van der Waals surface area contributed by atoms with Gasteiger partial charge in [-0.15, -0.1) is 0 Å². The Hall–Kier alpha value is -0.390. The van der Waals surface area contributed by atoms with E-state index < -0.39 is 16.5 Å². The van der Waals surface area contributed by atoms with E-state index in [9.17, 15) is 8.42 Å². The Balaban J connectivity index is 2.82. The highest BCUT2D eigenvalue weighted by molar-refractivity contribution is 7.82.